The fourth-order valence-corrected chi connectivity index (χ4v) is 2.80. The van der Waals surface area contributed by atoms with Gasteiger partial charge >= 0.3 is 5.97 Å². The van der Waals surface area contributed by atoms with Gasteiger partial charge < -0.3 is 10.0 Å². The molecule has 114 valence electrons. The molecule has 5 heteroatoms. The maximum absolute atomic E-state index is 12.3. The molecule has 1 saturated heterocycles. The minimum Gasteiger partial charge on any atom is -0.481 e. The lowest BCUT2D eigenvalue weighted by atomic mass is 10.0. The summed E-state index contributed by atoms with van der Waals surface area (Å²) < 4.78 is 0. The number of carbonyl (C=O) groups excluding carboxylic acids is 1. The highest BCUT2D eigenvalue weighted by Gasteiger charge is 2.36. The number of rotatable bonds is 5. The van der Waals surface area contributed by atoms with Crippen LogP contribution in [0.3, 0.4) is 0 Å². The minimum atomic E-state index is -0.768. The van der Waals surface area contributed by atoms with E-state index in [1.165, 1.54) is 0 Å². The van der Waals surface area contributed by atoms with Crippen LogP contribution in [0.2, 0.25) is 0 Å². The summed E-state index contributed by atoms with van der Waals surface area (Å²) in [6, 6.07) is 9.74. The van der Waals surface area contributed by atoms with Crippen molar-refractivity contribution in [1.29, 1.82) is 0 Å². The second-order valence-electron chi connectivity index (χ2n) is 5.68. The highest BCUT2D eigenvalue weighted by molar-refractivity contribution is 5.78. The van der Waals surface area contributed by atoms with E-state index >= 15 is 0 Å². The van der Waals surface area contributed by atoms with Crippen molar-refractivity contribution in [1.82, 2.24) is 9.80 Å². The van der Waals surface area contributed by atoms with Crippen LogP contribution in [0.4, 0.5) is 0 Å². The number of benzene rings is 1. The third-order valence-corrected chi connectivity index (χ3v) is 4.23. The summed E-state index contributed by atoms with van der Waals surface area (Å²) in [5, 5.41) is 9.12. The third kappa shape index (κ3) is 3.82. The average molecular weight is 290 g/mol. The van der Waals surface area contributed by atoms with Gasteiger partial charge in [0.25, 0.3) is 0 Å². The normalized spacial score (nSPS) is 22.2. The molecule has 0 radical (unpaired) electrons. The molecule has 1 heterocycles. The van der Waals surface area contributed by atoms with Gasteiger partial charge in [0, 0.05) is 19.6 Å². The molecule has 2 atom stereocenters. The van der Waals surface area contributed by atoms with Crippen molar-refractivity contribution >= 4 is 11.9 Å². The minimum absolute atomic E-state index is 0.0248. The molecular weight excluding hydrogens is 268 g/mol. The van der Waals surface area contributed by atoms with Crippen molar-refractivity contribution in [3.05, 3.63) is 35.9 Å². The summed E-state index contributed by atoms with van der Waals surface area (Å²) >= 11 is 0. The molecule has 0 aromatic heterocycles. The van der Waals surface area contributed by atoms with Gasteiger partial charge in [-0.2, -0.15) is 0 Å². The molecular formula is C16H22N2O3. The van der Waals surface area contributed by atoms with Gasteiger partial charge in [-0.05, 0) is 25.5 Å². The second kappa shape index (κ2) is 6.72. The first-order valence-electron chi connectivity index (χ1n) is 7.23. The Bertz CT molecular complexity index is 504. The number of hydrogen-bond acceptors (Lipinski definition) is 3. The summed E-state index contributed by atoms with van der Waals surface area (Å²) in [6.07, 6.45) is 0.617. The highest BCUT2D eigenvalue weighted by atomic mass is 16.4. The second-order valence-corrected chi connectivity index (χ2v) is 5.68. The maximum atomic E-state index is 12.3. The Balaban J connectivity index is 1.88. The molecule has 0 spiro atoms. The molecule has 2 unspecified atom stereocenters. The number of aliphatic carboxylic acids is 1. The Morgan fingerprint density at radius 3 is 2.57 bits per heavy atom. The maximum Gasteiger partial charge on any atom is 0.308 e. The first-order valence-corrected chi connectivity index (χ1v) is 7.23. The zero-order chi connectivity index (χ0) is 15.4. The number of hydrogen-bond donors (Lipinski definition) is 1. The molecule has 1 fully saturated rings. The van der Waals surface area contributed by atoms with Crippen LogP contribution < -0.4 is 0 Å². The SMILES string of the molecule is CC1C(C(=O)O)CCN1CC(=O)N(C)Cc1ccccc1. The number of nitrogens with zero attached hydrogens (tertiary/aromatic N) is 2. The van der Waals surface area contributed by atoms with Gasteiger partial charge in [-0.25, -0.2) is 0 Å². The van der Waals surface area contributed by atoms with E-state index in [1.54, 1.807) is 11.9 Å². The van der Waals surface area contributed by atoms with Gasteiger partial charge in [0.1, 0.15) is 0 Å². The van der Waals surface area contributed by atoms with Crippen molar-refractivity contribution in [3.8, 4) is 0 Å². The molecule has 1 aromatic carbocycles. The van der Waals surface area contributed by atoms with Gasteiger partial charge in [-0.15, -0.1) is 0 Å². The number of carboxylic acids is 1. The van der Waals surface area contributed by atoms with Gasteiger partial charge in [0.2, 0.25) is 5.91 Å². The van der Waals surface area contributed by atoms with E-state index in [1.807, 2.05) is 42.2 Å². The van der Waals surface area contributed by atoms with Crippen LogP contribution in [0.15, 0.2) is 30.3 Å². The van der Waals surface area contributed by atoms with Crippen molar-refractivity contribution in [3.63, 3.8) is 0 Å². The Kier molecular flexibility index (Phi) is 4.96. The molecule has 0 bridgehead atoms. The van der Waals surface area contributed by atoms with Crippen LogP contribution in [-0.4, -0.2) is 53.0 Å². The van der Waals surface area contributed by atoms with Crippen LogP contribution in [0.5, 0.6) is 0 Å². The van der Waals surface area contributed by atoms with Crippen LogP contribution in [0, 0.1) is 5.92 Å². The third-order valence-electron chi connectivity index (χ3n) is 4.23. The molecule has 2 rings (SSSR count). The standard InChI is InChI=1S/C16H22N2O3/c1-12-14(16(20)21)8-9-18(12)11-15(19)17(2)10-13-6-4-3-5-7-13/h3-7,12,14H,8-11H2,1-2H3,(H,20,21). The van der Waals surface area contributed by atoms with Crippen LogP contribution in [-0.2, 0) is 16.1 Å². The number of carboxylic acid groups (broad SMARTS) is 1. The molecule has 5 nitrogen and oxygen atoms in total. The van der Waals surface area contributed by atoms with E-state index in [4.69, 9.17) is 5.11 Å². The Morgan fingerprint density at radius 2 is 2.00 bits per heavy atom. The predicted molar refractivity (Wildman–Crippen MR) is 79.7 cm³/mol. The quantitative estimate of drug-likeness (QED) is 0.891. The molecule has 0 saturated carbocycles. The van der Waals surface area contributed by atoms with E-state index in [0.717, 1.165) is 5.56 Å². The highest BCUT2D eigenvalue weighted by Crippen LogP contribution is 2.24. The summed E-state index contributed by atoms with van der Waals surface area (Å²) in [6.45, 7) is 3.41. The van der Waals surface area contributed by atoms with Crippen molar-refractivity contribution < 1.29 is 14.7 Å². The fourth-order valence-electron chi connectivity index (χ4n) is 2.80. The summed E-state index contributed by atoms with van der Waals surface area (Å²) in [5.41, 5.74) is 1.09. The van der Waals surface area contributed by atoms with Gasteiger partial charge in [-0.1, -0.05) is 30.3 Å². The Morgan fingerprint density at radius 1 is 1.33 bits per heavy atom. The van der Waals surface area contributed by atoms with Gasteiger partial charge in [0.05, 0.1) is 12.5 Å². The first-order chi connectivity index (χ1) is 9.99. The predicted octanol–water partition coefficient (Wildman–Crippen LogP) is 1.44. The average Bonchev–Trinajstić information content (AvgIpc) is 2.81. The Labute approximate surface area is 125 Å². The number of likely N-dealkylation sites (N-methyl/N-ethyl adjacent to an activating group) is 1. The van der Waals surface area contributed by atoms with Gasteiger partial charge in [-0.3, -0.25) is 14.5 Å². The summed E-state index contributed by atoms with van der Waals surface area (Å²) in [4.78, 5) is 27.0. The number of amides is 1. The molecule has 0 aliphatic carbocycles. The van der Waals surface area contributed by atoms with Crippen molar-refractivity contribution in [2.75, 3.05) is 20.1 Å². The van der Waals surface area contributed by atoms with E-state index < -0.39 is 5.97 Å². The van der Waals surface area contributed by atoms with Crippen LogP contribution in [0.1, 0.15) is 18.9 Å². The summed E-state index contributed by atoms with van der Waals surface area (Å²) in [7, 11) is 1.78. The Hall–Kier alpha value is -1.88. The lowest BCUT2D eigenvalue weighted by Crippen LogP contribution is -2.41. The molecule has 1 amide bonds. The van der Waals surface area contributed by atoms with Crippen molar-refractivity contribution in [2.24, 2.45) is 5.92 Å². The molecule has 1 aromatic rings. The molecule has 21 heavy (non-hydrogen) atoms. The molecule has 1 N–H and O–H groups in total. The first kappa shape index (κ1) is 15.5. The number of carbonyl (C=O) groups is 2. The zero-order valence-corrected chi connectivity index (χ0v) is 12.5. The molecule has 1 aliphatic rings. The lowest BCUT2D eigenvalue weighted by molar-refractivity contribution is -0.143. The fraction of sp³-hybridized carbons (Fsp3) is 0.500. The lowest BCUT2D eigenvalue weighted by Gasteiger charge is -2.25. The van der Waals surface area contributed by atoms with Gasteiger partial charge in [0.15, 0.2) is 0 Å². The summed E-state index contributed by atoms with van der Waals surface area (Å²) in [5.74, 6) is -1.11. The topological polar surface area (TPSA) is 60.9 Å². The van der Waals surface area contributed by atoms with E-state index in [-0.39, 0.29) is 24.4 Å². The zero-order valence-electron chi connectivity index (χ0n) is 12.5. The van der Waals surface area contributed by atoms with E-state index in [0.29, 0.717) is 19.5 Å². The van der Waals surface area contributed by atoms with E-state index in [2.05, 4.69) is 0 Å². The smallest absolute Gasteiger partial charge is 0.308 e. The van der Waals surface area contributed by atoms with E-state index in [9.17, 15) is 9.59 Å². The van der Waals surface area contributed by atoms with Crippen LogP contribution in [0.25, 0.3) is 0 Å². The molecule has 1 aliphatic heterocycles. The monoisotopic (exact) mass is 290 g/mol. The largest absolute Gasteiger partial charge is 0.481 e. The van der Waals surface area contributed by atoms with Crippen LogP contribution >= 0.6 is 0 Å². The number of likely N-dealkylation sites (tertiary alicyclic amines) is 1. The van der Waals surface area contributed by atoms with Crippen molar-refractivity contribution in [2.45, 2.75) is 25.9 Å².